The van der Waals surface area contributed by atoms with Crippen LogP contribution >= 0.6 is 11.6 Å². The average Bonchev–Trinajstić information content (AvgIpc) is 3.35. The van der Waals surface area contributed by atoms with E-state index in [0.29, 0.717) is 36.0 Å². The van der Waals surface area contributed by atoms with Gasteiger partial charge in [0, 0.05) is 30.5 Å². The number of amides is 1. The lowest BCUT2D eigenvalue weighted by atomic mass is 10.1. The van der Waals surface area contributed by atoms with Gasteiger partial charge in [0.15, 0.2) is 0 Å². The number of benzene rings is 3. The van der Waals surface area contributed by atoms with Gasteiger partial charge in [-0.3, -0.25) is 4.79 Å². The van der Waals surface area contributed by atoms with Gasteiger partial charge in [-0.05, 0) is 35.9 Å². The molecule has 0 spiro atoms. The number of fused-ring (bicyclic) bond motifs is 1. The molecule has 3 aromatic carbocycles. The van der Waals surface area contributed by atoms with Gasteiger partial charge in [0.05, 0.1) is 23.8 Å². The zero-order valence-electron chi connectivity index (χ0n) is 17.2. The Bertz CT molecular complexity index is 1250. The van der Waals surface area contributed by atoms with Crippen molar-refractivity contribution < 1.29 is 9.53 Å². The molecule has 1 fully saturated rings. The van der Waals surface area contributed by atoms with Crippen molar-refractivity contribution in [3.05, 3.63) is 89.2 Å². The number of hydrogen-bond acceptors (Lipinski definition) is 3. The van der Waals surface area contributed by atoms with Crippen LogP contribution < -0.4 is 9.64 Å². The molecule has 5 nitrogen and oxygen atoms in total. The van der Waals surface area contributed by atoms with Crippen molar-refractivity contribution in [3.8, 4) is 5.75 Å². The van der Waals surface area contributed by atoms with Crippen molar-refractivity contribution in [3.63, 3.8) is 0 Å². The smallest absolute Gasteiger partial charge is 0.227 e. The number of aromatic nitrogens is 2. The molecule has 6 heteroatoms. The SMILES string of the molecule is COc1ccc(Cl)cc1N1C[C@@H](c2nc3ccccc3n2Cc2ccccc2)CC1=O. The molecule has 0 radical (unpaired) electrons. The Morgan fingerprint density at radius 3 is 2.65 bits per heavy atom. The highest BCUT2D eigenvalue weighted by molar-refractivity contribution is 6.31. The maximum atomic E-state index is 13.0. The van der Waals surface area contributed by atoms with Crippen LogP contribution in [0.5, 0.6) is 5.75 Å². The molecule has 0 bridgehead atoms. The minimum absolute atomic E-state index is 0.0210. The largest absolute Gasteiger partial charge is 0.495 e. The van der Waals surface area contributed by atoms with Crippen LogP contribution in [0.15, 0.2) is 72.8 Å². The van der Waals surface area contributed by atoms with Crippen LogP contribution in [0.25, 0.3) is 11.0 Å². The van der Waals surface area contributed by atoms with Gasteiger partial charge < -0.3 is 14.2 Å². The Morgan fingerprint density at radius 1 is 1.06 bits per heavy atom. The van der Waals surface area contributed by atoms with Crippen LogP contribution in [0.3, 0.4) is 0 Å². The number of nitrogens with zero attached hydrogens (tertiary/aromatic N) is 3. The van der Waals surface area contributed by atoms with Gasteiger partial charge in [-0.25, -0.2) is 4.98 Å². The molecule has 1 atom stereocenters. The predicted octanol–water partition coefficient (Wildman–Crippen LogP) is 5.27. The monoisotopic (exact) mass is 431 g/mol. The molecule has 5 rings (SSSR count). The molecule has 1 amide bonds. The maximum absolute atomic E-state index is 13.0. The summed E-state index contributed by atoms with van der Waals surface area (Å²) in [6, 6.07) is 23.8. The molecule has 1 aliphatic heterocycles. The summed E-state index contributed by atoms with van der Waals surface area (Å²) in [5.74, 6) is 1.59. The minimum atomic E-state index is -0.0210. The Morgan fingerprint density at radius 2 is 1.84 bits per heavy atom. The summed E-state index contributed by atoms with van der Waals surface area (Å²) in [4.78, 5) is 19.7. The minimum Gasteiger partial charge on any atom is -0.495 e. The van der Waals surface area contributed by atoms with E-state index in [1.54, 1.807) is 30.2 Å². The van der Waals surface area contributed by atoms with E-state index in [-0.39, 0.29) is 11.8 Å². The third-order valence-electron chi connectivity index (χ3n) is 5.79. The molecule has 1 aliphatic rings. The van der Waals surface area contributed by atoms with Crippen molar-refractivity contribution in [1.29, 1.82) is 0 Å². The van der Waals surface area contributed by atoms with Crippen LogP contribution in [0.2, 0.25) is 5.02 Å². The highest BCUT2D eigenvalue weighted by atomic mass is 35.5. The Hall–Kier alpha value is -3.31. The van der Waals surface area contributed by atoms with E-state index in [1.807, 2.05) is 36.4 Å². The van der Waals surface area contributed by atoms with Gasteiger partial charge in [-0.1, -0.05) is 54.1 Å². The molecule has 1 aromatic heterocycles. The van der Waals surface area contributed by atoms with Crippen LogP contribution in [0.4, 0.5) is 5.69 Å². The highest BCUT2D eigenvalue weighted by Gasteiger charge is 2.36. The maximum Gasteiger partial charge on any atom is 0.227 e. The number of hydrogen-bond donors (Lipinski definition) is 0. The molecular formula is C25H22ClN3O2. The van der Waals surface area contributed by atoms with Crippen molar-refractivity contribution in [2.45, 2.75) is 18.9 Å². The van der Waals surface area contributed by atoms with Crippen LogP contribution in [-0.2, 0) is 11.3 Å². The van der Waals surface area contributed by atoms with Crippen LogP contribution in [-0.4, -0.2) is 29.1 Å². The quantitative estimate of drug-likeness (QED) is 0.432. The van der Waals surface area contributed by atoms with Gasteiger partial charge >= 0.3 is 0 Å². The second kappa shape index (κ2) is 8.08. The number of halogens is 1. The molecule has 156 valence electrons. The summed E-state index contributed by atoms with van der Waals surface area (Å²) >= 11 is 6.21. The lowest BCUT2D eigenvalue weighted by Gasteiger charge is -2.20. The number of carbonyl (C=O) groups excluding carboxylic acids is 1. The van der Waals surface area contributed by atoms with Gasteiger partial charge in [0.1, 0.15) is 11.6 Å². The predicted molar refractivity (Wildman–Crippen MR) is 123 cm³/mol. The fourth-order valence-electron chi connectivity index (χ4n) is 4.33. The molecule has 0 unspecified atom stereocenters. The number of imidazole rings is 1. The number of carbonyl (C=O) groups is 1. The number of rotatable bonds is 5. The lowest BCUT2D eigenvalue weighted by Crippen LogP contribution is -2.25. The molecule has 4 aromatic rings. The van der Waals surface area contributed by atoms with E-state index in [1.165, 1.54) is 5.56 Å². The van der Waals surface area contributed by atoms with Gasteiger partial charge in [-0.15, -0.1) is 0 Å². The fourth-order valence-corrected chi connectivity index (χ4v) is 4.49. The molecule has 0 aliphatic carbocycles. The molecule has 31 heavy (non-hydrogen) atoms. The third-order valence-corrected chi connectivity index (χ3v) is 6.02. The third kappa shape index (κ3) is 3.66. The standard InChI is InChI=1S/C25H22ClN3O2/c1-31-23-12-11-19(26)14-22(23)28-16-18(13-24(28)30)25-27-20-9-5-6-10-21(20)29(25)15-17-7-3-2-4-8-17/h2-12,14,18H,13,15-16H2,1H3/t18-/m0/s1. The summed E-state index contributed by atoms with van der Waals surface area (Å²) < 4.78 is 7.72. The van der Waals surface area contributed by atoms with Gasteiger partial charge in [-0.2, -0.15) is 0 Å². The van der Waals surface area contributed by atoms with E-state index in [2.05, 4.69) is 22.8 Å². The Labute approximate surface area is 185 Å². The van der Waals surface area contributed by atoms with Gasteiger partial charge in [0.2, 0.25) is 5.91 Å². The van der Waals surface area contributed by atoms with Crippen LogP contribution in [0.1, 0.15) is 23.7 Å². The Balaban J connectivity index is 1.54. The van der Waals surface area contributed by atoms with Crippen molar-refractivity contribution in [2.24, 2.45) is 0 Å². The van der Waals surface area contributed by atoms with E-state index in [9.17, 15) is 4.79 Å². The molecule has 0 saturated carbocycles. The second-order valence-corrected chi connectivity index (χ2v) is 8.19. The molecular weight excluding hydrogens is 410 g/mol. The summed E-state index contributed by atoms with van der Waals surface area (Å²) in [5.41, 5.74) is 3.92. The number of methoxy groups -OCH3 is 1. The van der Waals surface area contributed by atoms with Crippen molar-refractivity contribution in [1.82, 2.24) is 9.55 Å². The van der Waals surface area contributed by atoms with Crippen molar-refractivity contribution >= 4 is 34.2 Å². The van der Waals surface area contributed by atoms with E-state index >= 15 is 0 Å². The first-order chi connectivity index (χ1) is 15.1. The second-order valence-electron chi connectivity index (χ2n) is 7.75. The molecule has 1 saturated heterocycles. The number of anilines is 1. The highest BCUT2D eigenvalue weighted by Crippen LogP contribution is 2.38. The number of para-hydroxylation sites is 2. The van der Waals surface area contributed by atoms with Gasteiger partial charge in [0.25, 0.3) is 0 Å². The summed E-state index contributed by atoms with van der Waals surface area (Å²) in [6.45, 7) is 1.25. The number of ether oxygens (including phenoxy) is 1. The Kier molecular flexibility index (Phi) is 5.12. The van der Waals surface area contributed by atoms with Crippen LogP contribution in [0, 0.1) is 0 Å². The summed E-state index contributed by atoms with van der Waals surface area (Å²) in [7, 11) is 1.60. The first-order valence-electron chi connectivity index (χ1n) is 10.3. The van der Waals surface area contributed by atoms with Crippen molar-refractivity contribution in [2.75, 3.05) is 18.6 Å². The first kappa shape index (κ1) is 19.6. The van der Waals surface area contributed by atoms with E-state index < -0.39 is 0 Å². The fraction of sp³-hybridized carbons (Fsp3) is 0.200. The summed E-state index contributed by atoms with van der Waals surface area (Å²) in [5, 5.41) is 0.573. The van der Waals surface area contributed by atoms with E-state index in [0.717, 1.165) is 16.9 Å². The lowest BCUT2D eigenvalue weighted by molar-refractivity contribution is -0.117. The first-order valence-corrected chi connectivity index (χ1v) is 10.6. The normalized spacial score (nSPS) is 16.3. The topological polar surface area (TPSA) is 47.4 Å². The molecule has 0 N–H and O–H groups in total. The average molecular weight is 432 g/mol. The molecule has 2 heterocycles. The zero-order valence-corrected chi connectivity index (χ0v) is 17.9. The summed E-state index contributed by atoms with van der Waals surface area (Å²) in [6.07, 6.45) is 0.397. The van der Waals surface area contributed by atoms with E-state index in [4.69, 9.17) is 21.3 Å². The zero-order chi connectivity index (χ0) is 21.4.